The van der Waals surface area contributed by atoms with Crippen LogP contribution in [-0.4, -0.2) is 28.7 Å². The Morgan fingerprint density at radius 1 is 1.19 bits per heavy atom. The van der Waals surface area contributed by atoms with E-state index in [2.05, 4.69) is 10.6 Å². The summed E-state index contributed by atoms with van der Waals surface area (Å²) in [5.74, 6) is -1.13. The number of aryl methyl sites for hydroxylation is 1. The third-order valence-electron chi connectivity index (χ3n) is 3.15. The van der Waals surface area contributed by atoms with Crippen molar-refractivity contribution >= 4 is 58.1 Å². The smallest absolute Gasteiger partial charge is 0.337 e. The second kappa shape index (κ2) is 8.84. The highest BCUT2D eigenvalue weighted by Gasteiger charge is 2.14. The van der Waals surface area contributed by atoms with Crippen molar-refractivity contribution in [3.63, 3.8) is 0 Å². The molecule has 2 aromatic carbocycles. The maximum atomic E-state index is 11.9. The number of hydrogen-bond donors (Lipinski definition) is 3. The second-order valence-corrected chi connectivity index (χ2v) is 6.45. The van der Waals surface area contributed by atoms with Crippen molar-refractivity contribution in [2.45, 2.75) is 6.92 Å². The summed E-state index contributed by atoms with van der Waals surface area (Å²) in [5.41, 5.74) is 1.07. The van der Waals surface area contributed by atoms with Gasteiger partial charge in [0.15, 0.2) is 11.7 Å². The van der Waals surface area contributed by atoms with Crippen LogP contribution < -0.4 is 15.4 Å². The first-order valence-electron chi connectivity index (χ1n) is 7.29. The van der Waals surface area contributed by atoms with Gasteiger partial charge in [-0.25, -0.2) is 4.79 Å². The summed E-state index contributed by atoms with van der Waals surface area (Å²) < 4.78 is 5.37. The average molecular weight is 413 g/mol. The van der Waals surface area contributed by atoms with Gasteiger partial charge in [-0.05, 0) is 49.0 Å². The van der Waals surface area contributed by atoms with E-state index in [0.29, 0.717) is 5.75 Å². The van der Waals surface area contributed by atoms with Gasteiger partial charge in [0, 0.05) is 0 Å². The number of rotatable bonds is 5. The number of benzene rings is 2. The minimum absolute atomic E-state index is 0.00504. The lowest BCUT2D eigenvalue weighted by atomic mass is 10.2. The summed E-state index contributed by atoms with van der Waals surface area (Å²) in [6, 6.07) is 9.77. The molecule has 136 valence electrons. The standard InChI is InChI=1S/C17H14Cl2N2O4S/c1-9-3-2-4-10(5-9)25-8-15(22)21-17(26)20-14-6-11(16(23)24)12(18)7-13(14)19/h2-7H,8H2,1H3,(H,23,24)(H2,20,21,22,26). The van der Waals surface area contributed by atoms with Crippen LogP contribution in [0.4, 0.5) is 5.69 Å². The highest BCUT2D eigenvalue weighted by Crippen LogP contribution is 2.29. The number of amides is 1. The molecule has 0 aromatic heterocycles. The molecule has 3 N–H and O–H groups in total. The minimum atomic E-state index is -1.21. The van der Waals surface area contributed by atoms with Gasteiger partial charge < -0.3 is 15.2 Å². The van der Waals surface area contributed by atoms with E-state index < -0.39 is 11.9 Å². The van der Waals surface area contributed by atoms with Crippen LogP contribution in [0.15, 0.2) is 36.4 Å². The third-order valence-corrected chi connectivity index (χ3v) is 3.98. The highest BCUT2D eigenvalue weighted by molar-refractivity contribution is 7.80. The summed E-state index contributed by atoms with van der Waals surface area (Å²) in [5, 5.41) is 14.3. The molecule has 0 aliphatic rings. The molecule has 0 saturated carbocycles. The Morgan fingerprint density at radius 3 is 2.58 bits per heavy atom. The molecule has 0 heterocycles. The largest absolute Gasteiger partial charge is 0.484 e. The Hall–Kier alpha value is -2.35. The Morgan fingerprint density at radius 2 is 1.92 bits per heavy atom. The molecule has 0 fully saturated rings. The van der Waals surface area contributed by atoms with Gasteiger partial charge in [-0.15, -0.1) is 0 Å². The second-order valence-electron chi connectivity index (χ2n) is 5.22. The quantitative estimate of drug-likeness (QED) is 0.645. The van der Waals surface area contributed by atoms with Gasteiger partial charge in [-0.3, -0.25) is 10.1 Å². The molecule has 0 unspecified atom stereocenters. The zero-order chi connectivity index (χ0) is 19.3. The molecule has 6 nitrogen and oxygen atoms in total. The molecule has 2 rings (SSSR count). The molecule has 0 saturated heterocycles. The molecular weight excluding hydrogens is 399 g/mol. The van der Waals surface area contributed by atoms with Gasteiger partial charge in [0.05, 0.1) is 21.3 Å². The molecule has 26 heavy (non-hydrogen) atoms. The van der Waals surface area contributed by atoms with E-state index in [9.17, 15) is 9.59 Å². The Balaban J connectivity index is 1.95. The van der Waals surface area contributed by atoms with E-state index in [4.69, 9.17) is 45.3 Å². The van der Waals surface area contributed by atoms with Crippen LogP contribution in [0.5, 0.6) is 5.75 Å². The van der Waals surface area contributed by atoms with Crippen molar-refractivity contribution in [2.24, 2.45) is 0 Å². The molecule has 0 aliphatic heterocycles. The number of thiocarbonyl (C=S) groups is 1. The third kappa shape index (κ3) is 5.59. The fourth-order valence-electron chi connectivity index (χ4n) is 1.98. The van der Waals surface area contributed by atoms with Crippen molar-refractivity contribution in [2.75, 3.05) is 11.9 Å². The number of carboxylic acid groups (broad SMARTS) is 1. The predicted molar refractivity (Wildman–Crippen MR) is 104 cm³/mol. The number of hydrogen-bond acceptors (Lipinski definition) is 4. The Labute approximate surface area is 165 Å². The van der Waals surface area contributed by atoms with Crippen molar-refractivity contribution < 1.29 is 19.4 Å². The zero-order valence-corrected chi connectivity index (χ0v) is 15.8. The van der Waals surface area contributed by atoms with Gasteiger partial charge in [-0.1, -0.05) is 35.3 Å². The normalized spacial score (nSPS) is 10.1. The lowest BCUT2D eigenvalue weighted by Crippen LogP contribution is -2.37. The van der Waals surface area contributed by atoms with E-state index in [1.807, 2.05) is 19.1 Å². The Kier molecular flexibility index (Phi) is 6.79. The van der Waals surface area contributed by atoms with E-state index in [1.165, 1.54) is 12.1 Å². The lowest BCUT2D eigenvalue weighted by Gasteiger charge is -2.13. The van der Waals surface area contributed by atoms with Gasteiger partial charge >= 0.3 is 5.97 Å². The minimum Gasteiger partial charge on any atom is -0.484 e. The number of aromatic carboxylic acids is 1. The van der Waals surface area contributed by atoms with E-state index in [1.54, 1.807) is 12.1 Å². The van der Waals surface area contributed by atoms with Crippen molar-refractivity contribution in [3.05, 3.63) is 57.6 Å². The van der Waals surface area contributed by atoms with Crippen LogP contribution in [0.25, 0.3) is 0 Å². The van der Waals surface area contributed by atoms with Crippen LogP contribution in [0.3, 0.4) is 0 Å². The first-order chi connectivity index (χ1) is 12.3. The van der Waals surface area contributed by atoms with Gasteiger partial charge in [0.25, 0.3) is 5.91 Å². The zero-order valence-electron chi connectivity index (χ0n) is 13.5. The lowest BCUT2D eigenvalue weighted by molar-refractivity contribution is -0.121. The number of carbonyl (C=O) groups excluding carboxylic acids is 1. The summed E-state index contributed by atoms with van der Waals surface area (Å²) in [7, 11) is 0. The first kappa shape index (κ1) is 20.0. The van der Waals surface area contributed by atoms with E-state index in [0.717, 1.165) is 5.56 Å². The number of nitrogens with one attached hydrogen (secondary N) is 2. The van der Waals surface area contributed by atoms with Crippen LogP contribution in [0.2, 0.25) is 10.0 Å². The maximum absolute atomic E-state index is 11.9. The van der Waals surface area contributed by atoms with Gasteiger partial charge in [-0.2, -0.15) is 0 Å². The molecule has 9 heteroatoms. The molecule has 0 atom stereocenters. The van der Waals surface area contributed by atoms with Crippen molar-refractivity contribution in [1.29, 1.82) is 0 Å². The number of ether oxygens (including phenoxy) is 1. The predicted octanol–water partition coefficient (Wildman–Crippen LogP) is 3.89. The van der Waals surface area contributed by atoms with Crippen LogP contribution in [0, 0.1) is 6.92 Å². The number of carbonyl (C=O) groups is 2. The topological polar surface area (TPSA) is 87.7 Å². The summed E-state index contributed by atoms with van der Waals surface area (Å²) in [6.07, 6.45) is 0. The maximum Gasteiger partial charge on any atom is 0.337 e. The van der Waals surface area contributed by atoms with Crippen LogP contribution in [0.1, 0.15) is 15.9 Å². The molecule has 0 aliphatic carbocycles. The fraction of sp³-hybridized carbons (Fsp3) is 0.118. The van der Waals surface area contributed by atoms with E-state index >= 15 is 0 Å². The summed E-state index contributed by atoms with van der Waals surface area (Å²) in [4.78, 5) is 23.0. The number of halogens is 2. The van der Waals surface area contributed by atoms with Crippen molar-refractivity contribution in [1.82, 2.24) is 5.32 Å². The SMILES string of the molecule is Cc1cccc(OCC(=O)NC(=S)Nc2cc(C(=O)O)c(Cl)cc2Cl)c1. The summed E-state index contributed by atoms with van der Waals surface area (Å²) >= 11 is 16.8. The Bertz CT molecular complexity index is 874. The van der Waals surface area contributed by atoms with Crippen molar-refractivity contribution in [3.8, 4) is 5.75 Å². The average Bonchev–Trinajstić information content (AvgIpc) is 2.55. The number of carboxylic acids is 1. The molecule has 0 spiro atoms. The monoisotopic (exact) mass is 412 g/mol. The molecule has 1 amide bonds. The molecule has 0 radical (unpaired) electrons. The number of anilines is 1. The van der Waals surface area contributed by atoms with Crippen LogP contribution in [-0.2, 0) is 4.79 Å². The highest BCUT2D eigenvalue weighted by atomic mass is 35.5. The fourth-order valence-corrected chi connectivity index (χ4v) is 2.71. The van der Waals surface area contributed by atoms with E-state index in [-0.39, 0.29) is 33.0 Å². The summed E-state index contributed by atoms with van der Waals surface area (Å²) in [6.45, 7) is 1.67. The molecule has 2 aromatic rings. The van der Waals surface area contributed by atoms with Gasteiger partial charge in [0.2, 0.25) is 0 Å². The molecule has 0 bridgehead atoms. The van der Waals surface area contributed by atoms with Crippen LogP contribution >= 0.6 is 35.4 Å². The molecular formula is C17H14Cl2N2O4S. The first-order valence-corrected chi connectivity index (χ1v) is 8.45. The van der Waals surface area contributed by atoms with Gasteiger partial charge in [0.1, 0.15) is 5.75 Å².